The topological polar surface area (TPSA) is 38.7 Å². The molecule has 0 radical (unpaired) electrons. The standard InChI is InChI=1S/C16H13Cl2NO2/c1-11(20)21-16(12-5-3-2-4-6-12)10-19-15-8-7-13(17)9-14(15)18/h2-10,16H,1H3. The Morgan fingerprint density at radius 3 is 2.52 bits per heavy atom. The number of esters is 1. The molecular formula is C16H13Cl2NO2. The predicted octanol–water partition coefficient (Wildman–Crippen LogP) is 5.00. The van der Waals surface area contributed by atoms with Crippen molar-refractivity contribution in [1.82, 2.24) is 0 Å². The van der Waals surface area contributed by atoms with Gasteiger partial charge in [0.05, 0.1) is 16.9 Å². The second-order valence-electron chi connectivity index (χ2n) is 4.31. The van der Waals surface area contributed by atoms with Crippen molar-refractivity contribution in [2.45, 2.75) is 13.0 Å². The number of rotatable bonds is 4. The van der Waals surface area contributed by atoms with Gasteiger partial charge in [-0.15, -0.1) is 0 Å². The lowest BCUT2D eigenvalue weighted by Gasteiger charge is -2.12. The normalized spacial score (nSPS) is 12.3. The number of carbonyl (C=O) groups is 1. The summed E-state index contributed by atoms with van der Waals surface area (Å²) in [7, 11) is 0. The average Bonchev–Trinajstić information content (AvgIpc) is 2.45. The molecule has 5 heteroatoms. The summed E-state index contributed by atoms with van der Waals surface area (Å²) in [6.45, 7) is 1.36. The summed E-state index contributed by atoms with van der Waals surface area (Å²) in [6, 6.07) is 14.4. The third kappa shape index (κ3) is 4.59. The van der Waals surface area contributed by atoms with E-state index in [-0.39, 0.29) is 5.97 Å². The minimum Gasteiger partial charge on any atom is -0.452 e. The smallest absolute Gasteiger partial charge is 0.303 e. The van der Waals surface area contributed by atoms with E-state index in [4.69, 9.17) is 27.9 Å². The van der Waals surface area contributed by atoms with Crippen LogP contribution in [0.5, 0.6) is 0 Å². The van der Waals surface area contributed by atoms with Crippen LogP contribution >= 0.6 is 23.2 Å². The minimum absolute atomic E-state index is 0.377. The number of hydrogen-bond acceptors (Lipinski definition) is 3. The molecule has 1 unspecified atom stereocenters. The van der Waals surface area contributed by atoms with Crippen LogP contribution in [0.25, 0.3) is 0 Å². The average molecular weight is 322 g/mol. The van der Waals surface area contributed by atoms with Gasteiger partial charge in [0.25, 0.3) is 0 Å². The molecule has 0 heterocycles. The quantitative estimate of drug-likeness (QED) is 0.587. The largest absolute Gasteiger partial charge is 0.452 e. The van der Waals surface area contributed by atoms with Gasteiger partial charge in [0.2, 0.25) is 0 Å². The van der Waals surface area contributed by atoms with Crippen molar-refractivity contribution in [2.75, 3.05) is 0 Å². The second-order valence-corrected chi connectivity index (χ2v) is 5.16. The van der Waals surface area contributed by atoms with Crippen LogP contribution in [0.3, 0.4) is 0 Å². The summed E-state index contributed by atoms with van der Waals surface area (Å²) < 4.78 is 5.26. The highest BCUT2D eigenvalue weighted by Crippen LogP contribution is 2.28. The van der Waals surface area contributed by atoms with Crippen LogP contribution in [0.2, 0.25) is 10.0 Å². The van der Waals surface area contributed by atoms with Crippen molar-refractivity contribution in [1.29, 1.82) is 0 Å². The zero-order chi connectivity index (χ0) is 15.2. The van der Waals surface area contributed by atoms with Gasteiger partial charge >= 0.3 is 5.97 Å². The molecule has 0 fully saturated rings. The Morgan fingerprint density at radius 1 is 1.19 bits per heavy atom. The van der Waals surface area contributed by atoms with E-state index in [9.17, 15) is 4.79 Å². The van der Waals surface area contributed by atoms with Crippen LogP contribution in [-0.4, -0.2) is 12.2 Å². The van der Waals surface area contributed by atoms with Crippen LogP contribution in [-0.2, 0) is 9.53 Å². The van der Waals surface area contributed by atoms with Crippen molar-refractivity contribution in [3.8, 4) is 0 Å². The molecule has 0 aromatic heterocycles. The SMILES string of the molecule is CC(=O)OC(C=Nc1ccc(Cl)cc1Cl)c1ccccc1. The van der Waals surface area contributed by atoms with Crippen LogP contribution in [0.4, 0.5) is 5.69 Å². The molecule has 0 bridgehead atoms. The van der Waals surface area contributed by atoms with Crippen LogP contribution < -0.4 is 0 Å². The first-order valence-corrected chi connectivity index (χ1v) is 7.03. The highest BCUT2D eigenvalue weighted by molar-refractivity contribution is 6.36. The summed E-state index contributed by atoms with van der Waals surface area (Å²) >= 11 is 11.9. The third-order valence-corrected chi connectivity index (χ3v) is 3.22. The molecule has 0 spiro atoms. The first kappa shape index (κ1) is 15.5. The fourth-order valence-electron chi connectivity index (χ4n) is 1.74. The molecule has 0 amide bonds. The van der Waals surface area contributed by atoms with Crippen molar-refractivity contribution in [2.24, 2.45) is 4.99 Å². The Bertz CT molecular complexity index is 657. The van der Waals surface area contributed by atoms with Crippen molar-refractivity contribution in [3.63, 3.8) is 0 Å². The number of carbonyl (C=O) groups excluding carboxylic acids is 1. The lowest BCUT2D eigenvalue weighted by atomic mass is 10.1. The Labute approximate surface area is 133 Å². The molecule has 0 aliphatic heterocycles. The van der Waals surface area contributed by atoms with Gasteiger partial charge in [-0.2, -0.15) is 0 Å². The Morgan fingerprint density at radius 2 is 1.90 bits per heavy atom. The molecule has 3 nitrogen and oxygen atoms in total. The highest BCUT2D eigenvalue weighted by Gasteiger charge is 2.12. The van der Waals surface area contributed by atoms with Gasteiger partial charge in [0.1, 0.15) is 0 Å². The van der Waals surface area contributed by atoms with E-state index in [1.807, 2.05) is 30.3 Å². The molecule has 21 heavy (non-hydrogen) atoms. The number of halogens is 2. The molecule has 0 saturated carbocycles. The Hall–Kier alpha value is -1.84. The molecular weight excluding hydrogens is 309 g/mol. The number of benzene rings is 2. The number of nitrogens with zero attached hydrogens (tertiary/aromatic N) is 1. The zero-order valence-corrected chi connectivity index (χ0v) is 12.8. The maximum absolute atomic E-state index is 11.2. The fraction of sp³-hybridized carbons (Fsp3) is 0.125. The van der Waals surface area contributed by atoms with Crippen molar-refractivity contribution >= 4 is 41.1 Å². The molecule has 1 atom stereocenters. The number of ether oxygens (including phenoxy) is 1. The molecule has 0 aliphatic rings. The number of aliphatic imine (C=N–C) groups is 1. The summed E-state index contributed by atoms with van der Waals surface area (Å²) in [6.07, 6.45) is 0.988. The Kier molecular flexibility index (Phi) is 5.37. The van der Waals surface area contributed by atoms with E-state index in [1.165, 1.54) is 6.92 Å². The highest BCUT2D eigenvalue weighted by atomic mass is 35.5. The monoisotopic (exact) mass is 321 g/mol. The molecule has 0 saturated heterocycles. The zero-order valence-electron chi connectivity index (χ0n) is 11.3. The van der Waals surface area contributed by atoms with Crippen molar-refractivity contribution < 1.29 is 9.53 Å². The molecule has 108 valence electrons. The van der Waals surface area contributed by atoms with E-state index < -0.39 is 6.10 Å². The minimum atomic E-state index is -0.560. The van der Waals surface area contributed by atoms with Crippen LogP contribution in [0, 0.1) is 0 Å². The summed E-state index contributed by atoms with van der Waals surface area (Å²) in [5.74, 6) is -0.377. The third-order valence-electron chi connectivity index (χ3n) is 2.68. The van der Waals surface area contributed by atoms with Gasteiger partial charge in [0.15, 0.2) is 6.10 Å². The van der Waals surface area contributed by atoms with Crippen LogP contribution in [0.15, 0.2) is 53.5 Å². The first-order valence-electron chi connectivity index (χ1n) is 6.27. The lowest BCUT2D eigenvalue weighted by molar-refractivity contribution is -0.143. The maximum atomic E-state index is 11.2. The summed E-state index contributed by atoms with van der Waals surface area (Å²) in [5.41, 5.74) is 1.40. The van der Waals surface area contributed by atoms with E-state index >= 15 is 0 Å². The summed E-state index contributed by atoms with van der Waals surface area (Å²) in [5, 5.41) is 0.979. The van der Waals surface area contributed by atoms with Gasteiger partial charge in [-0.3, -0.25) is 9.79 Å². The Balaban J connectivity index is 2.26. The molecule has 0 N–H and O–H groups in total. The van der Waals surface area contributed by atoms with Gasteiger partial charge < -0.3 is 4.74 Å². The van der Waals surface area contributed by atoms with Gasteiger partial charge in [-0.1, -0.05) is 53.5 Å². The molecule has 2 aromatic carbocycles. The van der Waals surface area contributed by atoms with E-state index in [1.54, 1.807) is 24.4 Å². The summed E-state index contributed by atoms with van der Waals surface area (Å²) in [4.78, 5) is 15.5. The van der Waals surface area contributed by atoms with E-state index in [0.29, 0.717) is 15.7 Å². The van der Waals surface area contributed by atoms with Crippen LogP contribution in [0.1, 0.15) is 18.6 Å². The fourth-order valence-corrected chi connectivity index (χ4v) is 2.20. The molecule has 0 aliphatic carbocycles. The van der Waals surface area contributed by atoms with Gasteiger partial charge in [-0.05, 0) is 23.8 Å². The lowest BCUT2D eigenvalue weighted by Crippen LogP contribution is -2.09. The van der Waals surface area contributed by atoms with Gasteiger partial charge in [0, 0.05) is 11.9 Å². The molecule has 2 aromatic rings. The molecule has 2 rings (SSSR count). The second kappa shape index (κ2) is 7.25. The van der Waals surface area contributed by atoms with E-state index in [0.717, 1.165) is 5.56 Å². The number of hydrogen-bond donors (Lipinski definition) is 0. The van der Waals surface area contributed by atoms with E-state index in [2.05, 4.69) is 4.99 Å². The van der Waals surface area contributed by atoms with Crippen molar-refractivity contribution in [3.05, 3.63) is 64.1 Å². The maximum Gasteiger partial charge on any atom is 0.303 e. The predicted molar refractivity (Wildman–Crippen MR) is 85.6 cm³/mol. The van der Waals surface area contributed by atoms with Gasteiger partial charge in [-0.25, -0.2) is 0 Å². The first-order chi connectivity index (χ1) is 10.1.